The van der Waals surface area contributed by atoms with Crippen molar-refractivity contribution >= 4 is 11.6 Å². The molecule has 2 N–H and O–H groups in total. The molecule has 0 saturated heterocycles. The molecule has 0 fully saturated rings. The van der Waals surface area contributed by atoms with Crippen molar-refractivity contribution in [2.45, 2.75) is 19.4 Å². The van der Waals surface area contributed by atoms with E-state index in [9.17, 15) is 0 Å². The van der Waals surface area contributed by atoms with Gasteiger partial charge >= 0.3 is 0 Å². The molecule has 0 amide bonds. The summed E-state index contributed by atoms with van der Waals surface area (Å²) in [5, 5.41) is 12.7. The first-order valence-corrected chi connectivity index (χ1v) is 7.40. The molecule has 0 unspecified atom stereocenters. The second kappa shape index (κ2) is 10.7. The molecule has 0 aliphatic rings. The SMILES string of the molecule is COCCNCc1cc(Cl)cc(OC)c1OCCCCO. The highest BCUT2D eigenvalue weighted by Crippen LogP contribution is 2.34. The first-order chi connectivity index (χ1) is 10.2. The van der Waals surface area contributed by atoms with E-state index in [2.05, 4.69) is 5.32 Å². The third-order valence-corrected chi connectivity index (χ3v) is 3.13. The fourth-order valence-electron chi connectivity index (χ4n) is 1.85. The van der Waals surface area contributed by atoms with Crippen LogP contribution < -0.4 is 14.8 Å². The van der Waals surface area contributed by atoms with Gasteiger partial charge in [-0.3, -0.25) is 0 Å². The summed E-state index contributed by atoms with van der Waals surface area (Å²) in [4.78, 5) is 0. The molecule has 1 aromatic rings. The van der Waals surface area contributed by atoms with Crippen LogP contribution in [0.25, 0.3) is 0 Å². The van der Waals surface area contributed by atoms with Crippen molar-refractivity contribution in [2.24, 2.45) is 0 Å². The zero-order chi connectivity index (χ0) is 15.5. The second-order valence-electron chi connectivity index (χ2n) is 4.55. The number of halogens is 1. The van der Waals surface area contributed by atoms with Crippen LogP contribution in [0.2, 0.25) is 5.02 Å². The van der Waals surface area contributed by atoms with Gasteiger partial charge in [-0.2, -0.15) is 0 Å². The molecule has 0 radical (unpaired) electrons. The molecule has 21 heavy (non-hydrogen) atoms. The number of unbranched alkanes of at least 4 members (excludes halogenated alkanes) is 1. The van der Waals surface area contributed by atoms with E-state index in [0.29, 0.717) is 36.3 Å². The van der Waals surface area contributed by atoms with E-state index >= 15 is 0 Å². The van der Waals surface area contributed by atoms with Gasteiger partial charge in [0.15, 0.2) is 11.5 Å². The highest BCUT2D eigenvalue weighted by atomic mass is 35.5. The Morgan fingerprint density at radius 3 is 2.67 bits per heavy atom. The Hall–Kier alpha value is -1.01. The van der Waals surface area contributed by atoms with E-state index in [0.717, 1.165) is 24.9 Å². The number of methoxy groups -OCH3 is 2. The number of benzene rings is 1. The lowest BCUT2D eigenvalue weighted by molar-refractivity contribution is 0.199. The van der Waals surface area contributed by atoms with Gasteiger partial charge in [0.25, 0.3) is 0 Å². The standard InChI is InChI=1S/C15H24ClNO4/c1-19-8-5-17-11-12-9-13(16)10-14(20-2)15(12)21-7-4-3-6-18/h9-10,17-18H,3-8,11H2,1-2H3. The van der Waals surface area contributed by atoms with E-state index in [1.165, 1.54) is 0 Å². The molecule has 1 aromatic carbocycles. The van der Waals surface area contributed by atoms with Crippen LogP contribution in [0.4, 0.5) is 0 Å². The van der Waals surface area contributed by atoms with Crippen molar-refractivity contribution in [3.05, 3.63) is 22.7 Å². The van der Waals surface area contributed by atoms with E-state index in [-0.39, 0.29) is 6.61 Å². The summed E-state index contributed by atoms with van der Waals surface area (Å²) in [5.41, 5.74) is 0.944. The maximum absolute atomic E-state index is 8.80. The van der Waals surface area contributed by atoms with Crippen LogP contribution in [0.3, 0.4) is 0 Å². The highest BCUT2D eigenvalue weighted by Gasteiger charge is 2.12. The summed E-state index contributed by atoms with van der Waals surface area (Å²) in [5.74, 6) is 1.32. The molecule has 0 spiro atoms. The number of ether oxygens (including phenoxy) is 3. The predicted octanol–water partition coefficient (Wildman–Crippen LogP) is 2.24. The minimum absolute atomic E-state index is 0.173. The third-order valence-electron chi connectivity index (χ3n) is 2.91. The fraction of sp³-hybridized carbons (Fsp3) is 0.600. The zero-order valence-corrected chi connectivity index (χ0v) is 13.4. The third kappa shape index (κ3) is 6.52. The Balaban J connectivity index is 2.74. The van der Waals surface area contributed by atoms with Gasteiger partial charge in [-0.25, -0.2) is 0 Å². The number of hydrogen-bond donors (Lipinski definition) is 2. The van der Waals surface area contributed by atoms with Crippen LogP contribution in [0.5, 0.6) is 11.5 Å². The molecular formula is C15H24ClNO4. The summed E-state index contributed by atoms with van der Waals surface area (Å²) in [7, 11) is 3.26. The number of rotatable bonds is 11. The fourth-order valence-corrected chi connectivity index (χ4v) is 2.09. The molecule has 5 nitrogen and oxygen atoms in total. The number of hydrogen-bond acceptors (Lipinski definition) is 5. The van der Waals surface area contributed by atoms with Gasteiger partial charge in [-0.1, -0.05) is 11.6 Å². The van der Waals surface area contributed by atoms with Crippen molar-refractivity contribution in [2.75, 3.05) is 40.6 Å². The lowest BCUT2D eigenvalue weighted by Crippen LogP contribution is -2.19. The van der Waals surface area contributed by atoms with Crippen molar-refractivity contribution < 1.29 is 19.3 Å². The summed E-state index contributed by atoms with van der Waals surface area (Å²) in [6.07, 6.45) is 1.51. The number of aliphatic hydroxyl groups is 1. The van der Waals surface area contributed by atoms with Crippen LogP contribution in [0.15, 0.2) is 12.1 Å². The average molecular weight is 318 g/mol. The van der Waals surface area contributed by atoms with Crippen molar-refractivity contribution in [3.63, 3.8) is 0 Å². The first kappa shape index (κ1) is 18.0. The summed E-state index contributed by atoms with van der Waals surface area (Å²) >= 11 is 6.10. The van der Waals surface area contributed by atoms with Gasteiger partial charge in [-0.05, 0) is 18.9 Å². The highest BCUT2D eigenvalue weighted by molar-refractivity contribution is 6.30. The zero-order valence-electron chi connectivity index (χ0n) is 12.7. The molecule has 0 saturated carbocycles. The van der Waals surface area contributed by atoms with Crippen LogP contribution in [-0.4, -0.2) is 45.7 Å². The maximum Gasteiger partial charge on any atom is 0.165 e. The topological polar surface area (TPSA) is 60.0 Å². The van der Waals surface area contributed by atoms with Crippen LogP contribution in [0, 0.1) is 0 Å². The van der Waals surface area contributed by atoms with Gasteiger partial charge in [0, 0.05) is 43.5 Å². The predicted molar refractivity (Wildman–Crippen MR) is 83.4 cm³/mol. The molecule has 0 aliphatic carbocycles. The van der Waals surface area contributed by atoms with Gasteiger partial charge in [-0.15, -0.1) is 0 Å². The Labute approximate surface area is 131 Å². The van der Waals surface area contributed by atoms with Crippen molar-refractivity contribution in [1.29, 1.82) is 0 Å². The molecule has 120 valence electrons. The molecule has 0 heterocycles. The van der Waals surface area contributed by atoms with E-state index in [1.807, 2.05) is 6.07 Å². The van der Waals surface area contributed by atoms with Crippen molar-refractivity contribution in [1.82, 2.24) is 5.32 Å². The molecule has 0 atom stereocenters. The Morgan fingerprint density at radius 2 is 2.00 bits per heavy atom. The molecule has 6 heteroatoms. The van der Waals surface area contributed by atoms with Crippen molar-refractivity contribution in [3.8, 4) is 11.5 Å². The van der Waals surface area contributed by atoms with Gasteiger partial charge < -0.3 is 24.6 Å². The van der Waals surface area contributed by atoms with E-state index < -0.39 is 0 Å². The Morgan fingerprint density at radius 1 is 1.19 bits per heavy atom. The minimum Gasteiger partial charge on any atom is -0.493 e. The summed E-state index contributed by atoms with van der Waals surface area (Å²) in [6, 6.07) is 3.60. The van der Waals surface area contributed by atoms with E-state index in [1.54, 1.807) is 20.3 Å². The Bertz CT molecular complexity index is 415. The Kier molecular flexibility index (Phi) is 9.17. The first-order valence-electron chi connectivity index (χ1n) is 7.02. The molecular weight excluding hydrogens is 294 g/mol. The minimum atomic E-state index is 0.173. The maximum atomic E-state index is 8.80. The van der Waals surface area contributed by atoms with Gasteiger partial charge in [0.05, 0.1) is 20.3 Å². The average Bonchev–Trinajstić information content (AvgIpc) is 2.49. The smallest absolute Gasteiger partial charge is 0.165 e. The van der Waals surface area contributed by atoms with Crippen LogP contribution >= 0.6 is 11.6 Å². The summed E-state index contributed by atoms with van der Waals surface area (Å²) in [6.45, 7) is 2.71. The quantitative estimate of drug-likeness (QED) is 0.613. The molecule has 0 bridgehead atoms. The number of nitrogens with one attached hydrogen (secondary N) is 1. The molecule has 0 aliphatic heterocycles. The normalized spacial score (nSPS) is 10.7. The second-order valence-corrected chi connectivity index (χ2v) is 4.98. The van der Waals surface area contributed by atoms with Crippen LogP contribution in [0.1, 0.15) is 18.4 Å². The van der Waals surface area contributed by atoms with Crippen LogP contribution in [-0.2, 0) is 11.3 Å². The van der Waals surface area contributed by atoms with E-state index in [4.69, 9.17) is 30.9 Å². The monoisotopic (exact) mass is 317 g/mol. The lowest BCUT2D eigenvalue weighted by Gasteiger charge is -2.16. The van der Waals surface area contributed by atoms with Gasteiger partial charge in [0.1, 0.15) is 0 Å². The molecule has 0 aromatic heterocycles. The lowest BCUT2D eigenvalue weighted by atomic mass is 10.1. The molecule has 1 rings (SSSR count). The van der Waals surface area contributed by atoms with Gasteiger partial charge in [0.2, 0.25) is 0 Å². The number of aliphatic hydroxyl groups excluding tert-OH is 1. The largest absolute Gasteiger partial charge is 0.493 e. The summed E-state index contributed by atoms with van der Waals surface area (Å²) < 4.78 is 16.1.